The molecule has 0 aromatic heterocycles. The predicted molar refractivity (Wildman–Crippen MR) is 96.9 cm³/mol. The number of aliphatic imine (C=N–C) groups is 1. The van der Waals surface area contributed by atoms with E-state index in [1.54, 1.807) is 7.11 Å². The van der Waals surface area contributed by atoms with Crippen LogP contribution in [0.15, 0.2) is 27.7 Å². The second-order valence-corrected chi connectivity index (χ2v) is 6.67. The first-order chi connectivity index (χ1) is 11.1. The van der Waals surface area contributed by atoms with E-state index in [0.29, 0.717) is 12.6 Å². The van der Waals surface area contributed by atoms with Crippen LogP contribution < -0.4 is 15.4 Å². The van der Waals surface area contributed by atoms with E-state index in [-0.39, 0.29) is 6.10 Å². The van der Waals surface area contributed by atoms with E-state index in [0.717, 1.165) is 54.0 Å². The van der Waals surface area contributed by atoms with Gasteiger partial charge >= 0.3 is 0 Å². The average molecular weight is 384 g/mol. The van der Waals surface area contributed by atoms with Gasteiger partial charge in [0.1, 0.15) is 5.75 Å². The molecule has 1 fully saturated rings. The van der Waals surface area contributed by atoms with Gasteiger partial charge in [0.15, 0.2) is 5.96 Å². The summed E-state index contributed by atoms with van der Waals surface area (Å²) in [5, 5.41) is 16.4. The summed E-state index contributed by atoms with van der Waals surface area (Å²) in [7, 11) is 1.66. The number of benzene rings is 1. The Morgan fingerprint density at radius 3 is 2.70 bits per heavy atom. The number of rotatable bonds is 5. The summed E-state index contributed by atoms with van der Waals surface area (Å²) in [6.45, 7) is 3.49. The maximum absolute atomic E-state index is 9.60. The number of hydrogen-bond donors (Lipinski definition) is 3. The van der Waals surface area contributed by atoms with E-state index in [1.807, 2.05) is 18.2 Å². The second kappa shape index (κ2) is 9.13. The van der Waals surface area contributed by atoms with Crippen molar-refractivity contribution in [1.29, 1.82) is 0 Å². The topological polar surface area (TPSA) is 65.9 Å². The number of aliphatic hydroxyl groups excluding tert-OH is 1. The number of nitrogens with one attached hydrogen (secondary N) is 2. The number of ether oxygens (including phenoxy) is 1. The second-order valence-electron chi connectivity index (χ2n) is 5.81. The molecule has 0 radical (unpaired) electrons. The fourth-order valence-corrected chi connectivity index (χ4v) is 3.30. The zero-order chi connectivity index (χ0) is 16.7. The maximum atomic E-state index is 9.60. The van der Waals surface area contributed by atoms with Crippen LogP contribution >= 0.6 is 15.9 Å². The van der Waals surface area contributed by atoms with E-state index in [9.17, 15) is 5.11 Å². The molecule has 128 valence electrons. The Labute approximate surface area is 146 Å². The zero-order valence-electron chi connectivity index (χ0n) is 13.8. The minimum absolute atomic E-state index is 0.135. The lowest BCUT2D eigenvalue weighted by molar-refractivity contribution is 0.120. The minimum Gasteiger partial charge on any atom is -0.496 e. The van der Waals surface area contributed by atoms with Crippen LogP contribution in [0.4, 0.5) is 0 Å². The Kier molecular flexibility index (Phi) is 7.17. The highest BCUT2D eigenvalue weighted by Gasteiger charge is 2.19. The Bertz CT molecular complexity index is 529. The molecule has 0 amide bonds. The molecule has 1 aliphatic rings. The number of hydrogen-bond acceptors (Lipinski definition) is 3. The maximum Gasteiger partial charge on any atom is 0.191 e. The van der Waals surface area contributed by atoms with Crippen molar-refractivity contribution in [2.75, 3.05) is 13.7 Å². The van der Waals surface area contributed by atoms with Crippen LogP contribution in [0.5, 0.6) is 5.75 Å². The summed E-state index contributed by atoms with van der Waals surface area (Å²) in [5.41, 5.74) is 1.12. The lowest BCUT2D eigenvalue weighted by Gasteiger charge is -2.27. The highest BCUT2D eigenvalue weighted by molar-refractivity contribution is 9.10. The van der Waals surface area contributed by atoms with Crippen LogP contribution in [0.2, 0.25) is 0 Å². The van der Waals surface area contributed by atoms with Gasteiger partial charge in [-0.2, -0.15) is 0 Å². The molecule has 0 bridgehead atoms. The number of methoxy groups -OCH3 is 1. The van der Waals surface area contributed by atoms with Gasteiger partial charge in [-0.15, -0.1) is 0 Å². The van der Waals surface area contributed by atoms with Crippen molar-refractivity contribution < 1.29 is 9.84 Å². The van der Waals surface area contributed by atoms with Crippen molar-refractivity contribution in [1.82, 2.24) is 10.6 Å². The van der Waals surface area contributed by atoms with Crippen LogP contribution in [0, 0.1) is 0 Å². The van der Waals surface area contributed by atoms with E-state index in [2.05, 4.69) is 38.5 Å². The van der Waals surface area contributed by atoms with Crippen molar-refractivity contribution in [2.24, 2.45) is 4.99 Å². The molecule has 6 heteroatoms. The molecular weight excluding hydrogens is 358 g/mol. The quantitative estimate of drug-likeness (QED) is 0.540. The molecule has 2 rings (SSSR count). The van der Waals surface area contributed by atoms with Crippen LogP contribution in [0.3, 0.4) is 0 Å². The molecule has 1 aromatic carbocycles. The Morgan fingerprint density at radius 1 is 1.35 bits per heavy atom. The molecule has 0 spiro atoms. The molecule has 3 N–H and O–H groups in total. The third-order valence-electron chi connectivity index (χ3n) is 4.02. The molecule has 1 aliphatic carbocycles. The summed E-state index contributed by atoms with van der Waals surface area (Å²) in [4.78, 5) is 4.66. The predicted octanol–water partition coefficient (Wildman–Crippen LogP) is 2.82. The monoisotopic (exact) mass is 383 g/mol. The molecule has 0 atom stereocenters. The van der Waals surface area contributed by atoms with Crippen LogP contribution in [0.25, 0.3) is 0 Å². The van der Waals surface area contributed by atoms with Gasteiger partial charge in [-0.05, 0) is 66.2 Å². The fraction of sp³-hybridized carbons (Fsp3) is 0.588. The van der Waals surface area contributed by atoms with Gasteiger partial charge in [0.2, 0.25) is 0 Å². The van der Waals surface area contributed by atoms with E-state index in [4.69, 9.17) is 4.74 Å². The summed E-state index contributed by atoms with van der Waals surface area (Å²) < 4.78 is 6.18. The van der Waals surface area contributed by atoms with E-state index in [1.165, 1.54) is 0 Å². The van der Waals surface area contributed by atoms with Crippen molar-refractivity contribution in [3.05, 3.63) is 28.2 Å². The molecule has 1 saturated carbocycles. The summed E-state index contributed by atoms with van der Waals surface area (Å²) in [6, 6.07) is 6.38. The van der Waals surface area contributed by atoms with Crippen LogP contribution in [0.1, 0.15) is 38.2 Å². The Balaban J connectivity index is 1.96. The zero-order valence-corrected chi connectivity index (χ0v) is 15.4. The van der Waals surface area contributed by atoms with Crippen molar-refractivity contribution in [3.63, 3.8) is 0 Å². The normalized spacial score (nSPS) is 21.8. The van der Waals surface area contributed by atoms with Gasteiger partial charge in [-0.3, -0.25) is 0 Å². The molecule has 0 heterocycles. The minimum atomic E-state index is -0.135. The van der Waals surface area contributed by atoms with E-state index < -0.39 is 0 Å². The van der Waals surface area contributed by atoms with E-state index >= 15 is 0 Å². The Hall–Kier alpha value is -1.27. The molecule has 23 heavy (non-hydrogen) atoms. The van der Waals surface area contributed by atoms with Gasteiger partial charge in [0.05, 0.1) is 24.2 Å². The lowest BCUT2D eigenvalue weighted by Crippen LogP contribution is -2.45. The number of aliphatic hydroxyl groups is 1. The molecule has 0 saturated heterocycles. The third kappa shape index (κ3) is 5.70. The number of nitrogens with zero attached hydrogens (tertiary/aromatic N) is 1. The van der Waals surface area contributed by atoms with Gasteiger partial charge in [0.25, 0.3) is 0 Å². The number of guanidine groups is 1. The van der Waals surface area contributed by atoms with Gasteiger partial charge in [-0.25, -0.2) is 4.99 Å². The molecule has 5 nitrogen and oxygen atoms in total. The average Bonchev–Trinajstić information content (AvgIpc) is 2.55. The van der Waals surface area contributed by atoms with Gasteiger partial charge in [-0.1, -0.05) is 6.07 Å². The summed E-state index contributed by atoms with van der Waals surface area (Å²) >= 11 is 3.50. The molecule has 0 aliphatic heterocycles. The standard InChI is InChI=1S/C17H26BrN3O2/c1-3-19-17(21-13-5-7-14(22)8-6-13)20-11-12-4-9-16(23-2)15(18)10-12/h4,9-10,13-14,22H,3,5-8,11H2,1-2H3,(H2,19,20,21). The van der Waals surface area contributed by atoms with Crippen molar-refractivity contribution in [2.45, 2.75) is 51.3 Å². The van der Waals surface area contributed by atoms with Gasteiger partial charge < -0.3 is 20.5 Å². The first-order valence-electron chi connectivity index (χ1n) is 8.17. The summed E-state index contributed by atoms with van der Waals surface area (Å²) in [6.07, 6.45) is 3.56. The molecular formula is C17H26BrN3O2. The Morgan fingerprint density at radius 2 is 2.09 bits per heavy atom. The van der Waals surface area contributed by atoms with Gasteiger partial charge in [0, 0.05) is 12.6 Å². The highest BCUT2D eigenvalue weighted by Crippen LogP contribution is 2.25. The summed E-state index contributed by atoms with van der Waals surface area (Å²) in [5.74, 6) is 1.66. The number of halogens is 1. The largest absolute Gasteiger partial charge is 0.496 e. The SMILES string of the molecule is CCNC(=NCc1ccc(OC)c(Br)c1)NC1CCC(O)CC1. The highest BCUT2D eigenvalue weighted by atomic mass is 79.9. The lowest BCUT2D eigenvalue weighted by atomic mass is 9.93. The fourth-order valence-electron chi connectivity index (χ4n) is 2.71. The molecule has 1 aromatic rings. The first kappa shape index (κ1) is 18.1. The van der Waals surface area contributed by atoms with Crippen LogP contribution in [-0.4, -0.2) is 36.9 Å². The van der Waals surface area contributed by atoms with Crippen molar-refractivity contribution in [3.8, 4) is 5.75 Å². The molecule has 0 unspecified atom stereocenters. The van der Waals surface area contributed by atoms with Crippen molar-refractivity contribution >= 4 is 21.9 Å². The third-order valence-corrected chi connectivity index (χ3v) is 4.64. The first-order valence-corrected chi connectivity index (χ1v) is 8.97. The smallest absolute Gasteiger partial charge is 0.191 e. The van der Waals surface area contributed by atoms with Crippen LogP contribution in [-0.2, 0) is 6.54 Å².